The lowest BCUT2D eigenvalue weighted by Gasteiger charge is -2.34. The first-order valence-corrected chi connectivity index (χ1v) is 8.82. The van der Waals surface area contributed by atoms with Gasteiger partial charge in [-0.3, -0.25) is 5.10 Å². The van der Waals surface area contributed by atoms with Crippen molar-refractivity contribution in [1.82, 2.24) is 19.8 Å². The molecule has 0 aliphatic carbocycles. The van der Waals surface area contributed by atoms with E-state index in [1.54, 1.807) is 6.20 Å². The molecular formula is C13H24N4O3S. The second kappa shape index (κ2) is 6.87. The molecule has 2 atom stereocenters. The molecule has 0 unspecified atom stereocenters. The number of nitrogens with zero attached hydrogens (tertiary/aromatic N) is 2. The van der Waals surface area contributed by atoms with Gasteiger partial charge in [0.25, 0.3) is 0 Å². The van der Waals surface area contributed by atoms with Gasteiger partial charge in [0.15, 0.2) is 0 Å². The van der Waals surface area contributed by atoms with E-state index >= 15 is 0 Å². The van der Waals surface area contributed by atoms with Crippen LogP contribution in [0.15, 0.2) is 6.20 Å². The second-order valence-corrected chi connectivity index (χ2v) is 7.68. The zero-order valence-corrected chi connectivity index (χ0v) is 13.6. The third-order valence-electron chi connectivity index (χ3n) is 3.57. The van der Waals surface area contributed by atoms with E-state index in [-0.39, 0.29) is 18.0 Å². The molecule has 2 N–H and O–H groups in total. The topological polar surface area (TPSA) is 87.3 Å². The zero-order chi connectivity index (χ0) is 15.5. The molecule has 2 rings (SSSR count). The fourth-order valence-electron chi connectivity index (χ4n) is 2.47. The first-order valence-electron chi connectivity index (χ1n) is 7.21. The summed E-state index contributed by atoms with van der Waals surface area (Å²) >= 11 is 0. The monoisotopic (exact) mass is 316 g/mol. The molecule has 120 valence electrons. The van der Waals surface area contributed by atoms with Gasteiger partial charge in [-0.1, -0.05) is 0 Å². The average Bonchev–Trinajstić information content (AvgIpc) is 2.79. The van der Waals surface area contributed by atoms with Crippen molar-refractivity contribution in [1.29, 1.82) is 0 Å². The van der Waals surface area contributed by atoms with Crippen LogP contribution >= 0.6 is 0 Å². The Hall–Kier alpha value is -0.960. The van der Waals surface area contributed by atoms with Gasteiger partial charge in [0, 0.05) is 37.4 Å². The normalized spacial score (nSPS) is 24.3. The van der Waals surface area contributed by atoms with Crippen molar-refractivity contribution in [2.75, 3.05) is 25.4 Å². The largest absolute Gasteiger partial charge is 0.373 e. The highest BCUT2D eigenvalue weighted by atomic mass is 32.2. The lowest BCUT2D eigenvalue weighted by molar-refractivity contribution is -0.0440. The van der Waals surface area contributed by atoms with Crippen LogP contribution in [0.5, 0.6) is 0 Å². The second-order valence-electron chi connectivity index (χ2n) is 5.59. The number of hydrogen-bond donors (Lipinski definition) is 2. The van der Waals surface area contributed by atoms with Crippen molar-refractivity contribution in [3.63, 3.8) is 0 Å². The van der Waals surface area contributed by atoms with Gasteiger partial charge in [-0.05, 0) is 20.8 Å². The Kier molecular flexibility index (Phi) is 5.37. The molecule has 1 aromatic heterocycles. The van der Waals surface area contributed by atoms with Gasteiger partial charge in [0.05, 0.1) is 24.2 Å². The summed E-state index contributed by atoms with van der Waals surface area (Å²) in [5.41, 5.74) is 2.06. The van der Waals surface area contributed by atoms with Crippen molar-refractivity contribution in [3.8, 4) is 0 Å². The van der Waals surface area contributed by atoms with E-state index < -0.39 is 10.0 Å². The van der Waals surface area contributed by atoms with E-state index in [4.69, 9.17) is 4.74 Å². The summed E-state index contributed by atoms with van der Waals surface area (Å²) in [6.45, 7) is 7.66. The molecule has 1 fully saturated rings. The first kappa shape index (κ1) is 16.4. The SMILES string of the molecule is Cc1[nH]ncc1CNCCS(=O)(=O)N1C[C@@H](C)O[C@@H](C)C1. The standard InChI is InChI=1S/C13H24N4O3S/c1-10-8-17(9-11(2)20-10)21(18,19)5-4-14-6-13-7-15-16-12(13)3/h7,10-11,14H,4-6,8-9H2,1-3H3,(H,15,16)/t10-,11+. The van der Waals surface area contributed by atoms with E-state index in [0.717, 1.165) is 11.3 Å². The van der Waals surface area contributed by atoms with Crippen molar-refractivity contribution in [2.45, 2.75) is 39.5 Å². The molecule has 0 radical (unpaired) electrons. The van der Waals surface area contributed by atoms with Gasteiger partial charge in [-0.2, -0.15) is 9.40 Å². The summed E-state index contributed by atoms with van der Waals surface area (Å²) in [4.78, 5) is 0. The smallest absolute Gasteiger partial charge is 0.215 e. The van der Waals surface area contributed by atoms with Gasteiger partial charge >= 0.3 is 0 Å². The number of H-pyrrole nitrogens is 1. The first-order chi connectivity index (χ1) is 9.88. The highest BCUT2D eigenvalue weighted by Crippen LogP contribution is 2.14. The minimum absolute atomic E-state index is 0.0509. The Balaban J connectivity index is 1.80. The number of aryl methyl sites for hydroxylation is 1. The van der Waals surface area contributed by atoms with Crippen molar-refractivity contribution >= 4 is 10.0 Å². The highest BCUT2D eigenvalue weighted by Gasteiger charge is 2.30. The predicted octanol–water partition coefficient (Wildman–Crippen LogP) is 0.247. The number of morpholine rings is 1. The van der Waals surface area contributed by atoms with Crippen LogP contribution in [-0.4, -0.2) is 60.5 Å². The Bertz CT molecular complexity index is 548. The minimum Gasteiger partial charge on any atom is -0.373 e. The van der Waals surface area contributed by atoms with Crippen LogP contribution in [0, 0.1) is 6.92 Å². The quantitative estimate of drug-likeness (QED) is 0.735. The fourth-order valence-corrected chi connectivity index (χ4v) is 4.00. The van der Waals surface area contributed by atoms with Gasteiger partial charge in [-0.15, -0.1) is 0 Å². The number of sulfonamides is 1. The van der Waals surface area contributed by atoms with Crippen LogP contribution in [0.3, 0.4) is 0 Å². The fraction of sp³-hybridized carbons (Fsp3) is 0.769. The number of aromatic nitrogens is 2. The Labute approximate surface area is 126 Å². The number of aromatic amines is 1. The summed E-state index contributed by atoms with van der Waals surface area (Å²) in [5, 5.41) is 9.94. The lowest BCUT2D eigenvalue weighted by atomic mass is 10.3. The van der Waals surface area contributed by atoms with E-state index in [0.29, 0.717) is 26.2 Å². The molecule has 8 heteroatoms. The molecule has 0 bridgehead atoms. The van der Waals surface area contributed by atoms with Crippen molar-refractivity contribution in [2.24, 2.45) is 0 Å². The zero-order valence-electron chi connectivity index (χ0n) is 12.8. The van der Waals surface area contributed by atoms with Gasteiger partial charge < -0.3 is 10.1 Å². The molecule has 2 heterocycles. The van der Waals surface area contributed by atoms with Crippen LogP contribution < -0.4 is 5.32 Å². The molecule has 0 amide bonds. The number of ether oxygens (including phenoxy) is 1. The number of rotatable bonds is 6. The summed E-state index contributed by atoms with van der Waals surface area (Å²) in [7, 11) is -3.23. The Morgan fingerprint density at radius 1 is 1.43 bits per heavy atom. The van der Waals surface area contributed by atoms with E-state index in [2.05, 4.69) is 15.5 Å². The maximum atomic E-state index is 12.3. The Morgan fingerprint density at radius 2 is 2.10 bits per heavy atom. The van der Waals surface area contributed by atoms with Gasteiger partial charge in [0.2, 0.25) is 10.0 Å². The number of nitrogens with one attached hydrogen (secondary N) is 2. The molecule has 7 nitrogen and oxygen atoms in total. The van der Waals surface area contributed by atoms with Gasteiger partial charge in [-0.25, -0.2) is 8.42 Å². The predicted molar refractivity (Wildman–Crippen MR) is 80.4 cm³/mol. The van der Waals surface area contributed by atoms with Crippen LogP contribution in [0.4, 0.5) is 0 Å². The average molecular weight is 316 g/mol. The molecule has 0 aromatic carbocycles. The van der Waals surface area contributed by atoms with E-state index in [1.807, 2.05) is 20.8 Å². The maximum Gasteiger partial charge on any atom is 0.215 e. The molecule has 1 aromatic rings. The van der Waals surface area contributed by atoms with Crippen LogP contribution in [0.2, 0.25) is 0 Å². The van der Waals surface area contributed by atoms with Crippen LogP contribution in [0.25, 0.3) is 0 Å². The molecule has 1 aliphatic rings. The van der Waals surface area contributed by atoms with Crippen LogP contribution in [0.1, 0.15) is 25.1 Å². The molecule has 0 spiro atoms. The molecular weight excluding hydrogens is 292 g/mol. The minimum atomic E-state index is -3.23. The maximum absolute atomic E-state index is 12.3. The van der Waals surface area contributed by atoms with Crippen LogP contribution in [-0.2, 0) is 21.3 Å². The van der Waals surface area contributed by atoms with E-state index in [1.165, 1.54) is 4.31 Å². The molecule has 1 aliphatic heterocycles. The number of hydrogen-bond acceptors (Lipinski definition) is 5. The molecule has 0 saturated carbocycles. The summed E-state index contributed by atoms with van der Waals surface area (Å²) in [5.74, 6) is 0.101. The van der Waals surface area contributed by atoms with E-state index in [9.17, 15) is 8.42 Å². The highest BCUT2D eigenvalue weighted by molar-refractivity contribution is 7.89. The summed E-state index contributed by atoms with van der Waals surface area (Å²) < 4.78 is 31.7. The molecule has 1 saturated heterocycles. The van der Waals surface area contributed by atoms with Crippen molar-refractivity contribution < 1.29 is 13.2 Å². The van der Waals surface area contributed by atoms with Gasteiger partial charge in [0.1, 0.15) is 0 Å². The summed E-state index contributed by atoms with van der Waals surface area (Å²) in [6, 6.07) is 0. The summed E-state index contributed by atoms with van der Waals surface area (Å²) in [6.07, 6.45) is 1.65. The molecule has 21 heavy (non-hydrogen) atoms. The Morgan fingerprint density at radius 3 is 2.67 bits per heavy atom. The third-order valence-corrected chi connectivity index (χ3v) is 5.37. The third kappa shape index (κ3) is 4.50. The lowest BCUT2D eigenvalue weighted by Crippen LogP contribution is -2.49. The van der Waals surface area contributed by atoms with Crippen molar-refractivity contribution in [3.05, 3.63) is 17.5 Å².